The Morgan fingerprint density at radius 2 is 2.05 bits per heavy atom. The zero-order valence-corrected chi connectivity index (χ0v) is 13.6. The van der Waals surface area contributed by atoms with Crippen molar-refractivity contribution in [2.45, 2.75) is 83.3 Å². The Morgan fingerprint density at radius 3 is 2.71 bits per heavy atom. The molecule has 2 aliphatic rings. The molecule has 3 nitrogen and oxygen atoms in total. The minimum absolute atomic E-state index is 0.499. The molecule has 0 spiro atoms. The van der Waals surface area contributed by atoms with Gasteiger partial charge in [0.05, 0.1) is 17.3 Å². The summed E-state index contributed by atoms with van der Waals surface area (Å²) in [5, 5.41) is 15.7. The van der Waals surface area contributed by atoms with Crippen LogP contribution < -0.4 is 0 Å². The molecule has 1 aromatic heterocycles. The van der Waals surface area contributed by atoms with Gasteiger partial charge in [-0.05, 0) is 62.8 Å². The van der Waals surface area contributed by atoms with E-state index in [2.05, 4.69) is 30.8 Å². The highest BCUT2D eigenvalue weighted by Crippen LogP contribution is 2.47. The lowest BCUT2D eigenvalue weighted by atomic mass is 9.74. The molecule has 21 heavy (non-hydrogen) atoms. The van der Waals surface area contributed by atoms with Crippen molar-refractivity contribution in [1.29, 1.82) is 0 Å². The predicted octanol–water partition coefficient (Wildman–Crippen LogP) is 4.12. The van der Waals surface area contributed by atoms with Crippen LogP contribution in [0.15, 0.2) is 12.3 Å². The van der Waals surface area contributed by atoms with Gasteiger partial charge in [-0.2, -0.15) is 5.10 Å². The summed E-state index contributed by atoms with van der Waals surface area (Å²) in [5.41, 5.74) is 0.569. The largest absolute Gasteiger partial charge is 0.389 e. The lowest BCUT2D eigenvalue weighted by Crippen LogP contribution is -2.38. The number of rotatable bonds is 6. The van der Waals surface area contributed by atoms with Crippen molar-refractivity contribution in [1.82, 2.24) is 9.78 Å². The second-order valence-corrected chi connectivity index (χ2v) is 7.35. The summed E-state index contributed by atoms with van der Waals surface area (Å²) >= 11 is 0. The van der Waals surface area contributed by atoms with Crippen molar-refractivity contribution in [3.8, 4) is 0 Å². The average molecular weight is 290 g/mol. The van der Waals surface area contributed by atoms with Gasteiger partial charge in [-0.25, -0.2) is 0 Å². The van der Waals surface area contributed by atoms with Crippen LogP contribution in [0.4, 0.5) is 0 Å². The molecule has 2 fully saturated rings. The lowest BCUT2D eigenvalue weighted by molar-refractivity contribution is -0.0204. The van der Waals surface area contributed by atoms with Crippen LogP contribution in [0, 0.1) is 11.8 Å². The smallest absolute Gasteiger partial charge is 0.0706 e. The fraction of sp³-hybridized carbons (Fsp3) is 0.833. The molecular formula is C18H30N2O. The van der Waals surface area contributed by atoms with Gasteiger partial charge in [0.1, 0.15) is 0 Å². The van der Waals surface area contributed by atoms with Crippen LogP contribution in [0.25, 0.3) is 0 Å². The van der Waals surface area contributed by atoms with Crippen molar-refractivity contribution in [2.75, 3.05) is 0 Å². The molecule has 0 aliphatic heterocycles. The molecule has 118 valence electrons. The Balaban J connectivity index is 1.64. The van der Waals surface area contributed by atoms with E-state index in [4.69, 9.17) is 5.10 Å². The van der Waals surface area contributed by atoms with Gasteiger partial charge in [-0.3, -0.25) is 4.68 Å². The first-order valence-corrected chi connectivity index (χ1v) is 8.90. The fourth-order valence-corrected chi connectivity index (χ4v) is 4.19. The van der Waals surface area contributed by atoms with Crippen molar-refractivity contribution in [2.24, 2.45) is 11.8 Å². The Bertz CT molecular complexity index is 462. The van der Waals surface area contributed by atoms with Crippen molar-refractivity contribution >= 4 is 0 Å². The van der Waals surface area contributed by atoms with Crippen molar-refractivity contribution < 1.29 is 5.11 Å². The summed E-state index contributed by atoms with van der Waals surface area (Å²) in [6, 6.07) is 2.61. The van der Waals surface area contributed by atoms with Crippen LogP contribution in [0.2, 0.25) is 0 Å². The third-order valence-electron chi connectivity index (χ3n) is 5.64. The van der Waals surface area contributed by atoms with Gasteiger partial charge in [0.25, 0.3) is 0 Å². The SMILES string of the molecule is CCC(CC)n1ccc(CC2(O)CCCC(C3CC3)C2)n1. The average Bonchev–Trinajstić information content (AvgIpc) is 3.22. The third kappa shape index (κ3) is 3.50. The molecule has 3 heteroatoms. The van der Waals surface area contributed by atoms with E-state index >= 15 is 0 Å². The molecule has 1 aromatic rings. The molecule has 2 aliphatic carbocycles. The second-order valence-electron chi connectivity index (χ2n) is 7.35. The molecule has 0 amide bonds. The summed E-state index contributed by atoms with van der Waals surface area (Å²) in [6.45, 7) is 4.43. The van der Waals surface area contributed by atoms with Crippen molar-refractivity contribution in [3.05, 3.63) is 18.0 Å². The van der Waals surface area contributed by atoms with Gasteiger partial charge in [0.2, 0.25) is 0 Å². The molecular weight excluding hydrogens is 260 g/mol. The minimum Gasteiger partial charge on any atom is -0.389 e. The Morgan fingerprint density at radius 1 is 1.29 bits per heavy atom. The molecule has 0 saturated heterocycles. The first kappa shape index (κ1) is 15.1. The molecule has 2 atom stereocenters. The number of hydrogen-bond donors (Lipinski definition) is 1. The topological polar surface area (TPSA) is 38.0 Å². The van der Waals surface area contributed by atoms with Gasteiger partial charge >= 0.3 is 0 Å². The van der Waals surface area contributed by atoms with E-state index in [9.17, 15) is 5.11 Å². The summed E-state index contributed by atoms with van der Waals surface area (Å²) in [5.74, 6) is 1.68. The van der Waals surface area contributed by atoms with Crippen LogP contribution >= 0.6 is 0 Å². The Hall–Kier alpha value is -0.830. The first-order chi connectivity index (χ1) is 10.1. The quantitative estimate of drug-likeness (QED) is 0.856. The minimum atomic E-state index is -0.501. The summed E-state index contributed by atoms with van der Waals surface area (Å²) in [4.78, 5) is 0. The van der Waals surface area contributed by atoms with E-state index in [0.717, 1.165) is 49.6 Å². The predicted molar refractivity (Wildman–Crippen MR) is 85.2 cm³/mol. The molecule has 2 saturated carbocycles. The highest BCUT2D eigenvalue weighted by atomic mass is 16.3. The maximum Gasteiger partial charge on any atom is 0.0706 e. The normalized spacial score (nSPS) is 30.0. The molecule has 0 bridgehead atoms. The first-order valence-electron chi connectivity index (χ1n) is 8.90. The van der Waals surface area contributed by atoms with Gasteiger partial charge < -0.3 is 5.11 Å². The van der Waals surface area contributed by atoms with Crippen LogP contribution in [-0.2, 0) is 6.42 Å². The van der Waals surface area contributed by atoms with E-state index in [1.807, 2.05) is 0 Å². The van der Waals surface area contributed by atoms with Gasteiger partial charge in [-0.15, -0.1) is 0 Å². The number of aromatic nitrogens is 2. The van der Waals surface area contributed by atoms with E-state index < -0.39 is 5.60 Å². The molecule has 1 N–H and O–H groups in total. The molecule has 0 radical (unpaired) electrons. The Labute approximate surface area is 128 Å². The maximum absolute atomic E-state index is 11.0. The maximum atomic E-state index is 11.0. The molecule has 1 heterocycles. The lowest BCUT2D eigenvalue weighted by Gasteiger charge is -2.36. The van der Waals surface area contributed by atoms with E-state index in [0.29, 0.717) is 6.04 Å². The monoisotopic (exact) mass is 290 g/mol. The van der Waals surface area contributed by atoms with Gasteiger partial charge in [0, 0.05) is 12.6 Å². The van der Waals surface area contributed by atoms with Crippen LogP contribution in [-0.4, -0.2) is 20.5 Å². The third-order valence-corrected chi connectivity index (χ3v) is 5.64. The standard InChI is InChI=1S/C18H30N2O/c1-3-17(4-2)20-11-9-16(19-20)13-18(21)10-5-6-15(12-18)14-7-8-14/h9,11,14-15,17,21H,3-8,10,12-13H2,1-2H3. The zero-order chi connectivity index (χ0) is 14.9. The van der Waals surface area contributed by atoms with Crippen LogP contribution in [0.3, 0.4) is 0 Å². The number of nitrogens with zero attached hydrogens (tertiary/aromatic N) is 2. The van der Waals surface area contributed by atoms with Gasteiger partial charge in [-0.1, -0.05) is 20.3 Å². The Kier molecular flexibility index (Phi) is 4.39. The molecule has 2 unspecified atom stereocenters. The number of hydrogen-bond acceptors (Lipinski definition) is 2. The molecule has 0 aromatic carbocycles. The molecule has 3 rings (SSSR count). The number of aliphatic hydroxyl groups is 1. The second kappa shape index (κ2) is 6.12. The van der Waals surface area contributed by atoms with Crippen molar-refractivity contribution in [3.63, 3.8) is 0 Å². The van der Waals surface area contributed by atoms with E-state index in [1.165, 1.54) is 25.7 Å². The summed E-state index contributed by atoms with van der Waals surface area (Å²) in [7, 11) is 0. The zero-order valence-electron chi connectivity index (χ0n) is 13.6. The fourth-order valence-electron chi connectivity index (χ4n) is 4.19. The highest BCUT2D eigenvalue weighted by Gasteiger charge is 2.41. The summed E-state index contributed by atoms with van der Waals surface area (Å²) in [6.07, 6.45) is 12.3. The van der Waals surface area contributed by atoms with Crippen LogP contribution in [0.5, 0.6) is 0 Å². The van der Waals surface area contributed by atoms with E-state index in [1.54, 1.807) is 0 Å². The van der Waals surface area contributed by atoms with Crippen LogP contribution in [0.1, 0.15) is 76.9 Å². The summed E-state index contributed by atoms with van der Waals surface area (Å²) < 4.78 is 2.10. The highest BCUT2D eigenvalue weighted by molar-refractivity contribution is 5.06. The van der Waals surface area contributed by atoms with E-state index in [-0.39, 0.29) is 0 Å². The van der Waals surface area contributed by atoms with Gasteiger partial charge in [0.15, 0.2) is 0 Å².